The molecule has 1 aliphatic rings. The van der Waals surface area contributed by atoms with Crippen molar-refractivity contribution in [3.05, 3.63) is 106 Å². The zero-order valence-electron chi connectivity index (χ0n) is 22.0. The molecule has 1 amide bonds. The molecular weight excluding hydrogens is 488 g/mol. The molecule has 0 aliphatic heterocycles. The molecule has 8 nitrogen and oxygen atoms in total. The van der Waals surface area contributed by atoms with Gasteiger partial charge in [0.25, 0.3) is 11.5 Å². The van der Waals surface area contributed by atoms with E-state index in [0.29, 0.717) is 45.2 Å². The summed E-state index contributed by atoms with van der Waals surface area (Å²) < 4.78 is 3.20. The number of para-hydroxylation sites is 1. The monoisotopic (exact) mass is 518 g/mol. The fraction of sp³-hybridized carbons (Fsp3) is 0.258. The third kappa shape index (κ3) is 4.63. The number of benzene rings is 2. The molecular formula is C31H30N6O2. The second kappa shape index (κ2) is 10.3. The summed E-state index contributed by atoms with van der Waals surface area (Å²) in [4.78, 5) is 36.9. The summed E-state index contributed by atoms with van der Waals surface area (Å²) in [5.41, 5.74) is 3.44. The van der Waals surface area contributed by atoms with E-state index in [0.717, 1.165) is 5.56 Å². The first kappa shape index (κ1) is 24.7. The third-order valence-corrected chi connectivity index (χ3v) is 7.45. The van der Waals surface area contributed by atoms with Gasteiger partial charge in [-0.3, -0.25) is 14.2 Å². The normalized spacial score (nSPS) is 14.9. The predicted molar refractivity (Wildman–Crippen MR) is 152 cm³/mol. The minimum absolute atomic E-state index is 0.164. The molecule has 1 saturated carbocycles. The molecule has 1 aliphatic carbocycles. The lowest BCUT2D eigenvalue weighted by Crippen LogP contribution is -2.33. The van der Waals surface area contributed by atoms with E-state index in [4.69, 9.17) is 4.98 Å². The van der Waals surface area contributed by atoms with Crippen LogP contribution in [-0.4, -0.2) is 30.1 Å². The zero-order valence-corrected chi connectivity index (χ0v) is 22.0. The van der Waals surface area contributed by atoms with E-state index in [2.05, 4.69) is 27.6 Å². The molecule has 3 heterocycles. The number of nitrogens with zero attached hydrogens (tertiary/aromatic N) is 5. The van der Waals surface area contributed by atoms with Gasteiger partial charge in [0.05, 0.1) is 28.3 Å². The van der Waals surface area contributed by atoms with Crippen LogP contribution in [0.2, 0.25) is 0 Å². The molecule has 1 fully saturated rings. The number of aromatic nitrogens is 5. The number of rotatable bonds is 6. The van der Waals surface area contributed by atoms with Gasteiger partial charge in [0, 0.05) is 12.4 Å². The molecule has 1 atom stereocenters. The minimum Gasteiger partial charge on any atom is -0.342 e. The Morgan fingerprint density at radius 1 is 1.08 bits per heavy atom. The molecule has 6 rings (SSSR count). The highest BCUT2D eigenvalue weighted by Gasteiger charge is 2.24. The molecule has 2 aromatic carbocycles. The molecule has 0 saturated heterocycles. The molecule has 0 bridgehead atoms. The number of amides is 1. The van der Waals surface area contributed by atoms with Crippen LogP contribution >= 0.6 is 0 Å². The number of aryl methyl sites for hydroxylation is 1. The molecule has 0 spiro atoms. The highest BCUT2D eigenvalue weighted by Crippen LogP contribution is 2.28. The predicted octanol–water partition coefficient (Wildman–Crippen LogP) is 5.43. The first-order valence-electron chi connectivity index (χ1n) is 13.4. The van der Waals surface area contributed by atoms with Gasteiger partial charge in [0.2, 0.25) is 0 Å². The van der Waals surface area contributed by atoms with Crippen molar-refractivity contribution in [1.29, 1.82) is 0 Å². The van der Waals surface area contributed by atoms with Crippen LogP contribution in [0.15, 0.2) is 77.9 Å². The SMILES string of the molecule is Cc1nn2cccnc2c1C(=O)NC(C)c1nc2cccc(/C=C/C3CCCC3)c2c(=O)n1-c1ccccc1. The van der Waals surface area contributed by atoms with E-state index in [9.17, 15) is 9.59 Å². The minimum atomic E-state index is -0.578. The Bertz CT molecular complexity index is 1760. The number of carbonyl (C=O) groups excluding carboxylic acids is 1. The van der Waals surface area contributed by atoms with Gasteiger partial charge in [-0.25, -0.2) is 14.5 Å². The molecule has 5 aromatic rings. The lowest BCUT2D eigenvalue weighted by atomic mass is 10.0. The fourth-order valence-electron chi connectivity index (χ4n) is 5.51. The van der Waals surface area contributed by atoms with Crippen molar-refractivity contribution in [1.82, 2.24) is 29.5 Å². The van der Waals surface area contributed by atoms with Crippen LogP contribution in [-0.2, 0) is 0 Å². The Balaban J connectivity index is 1.45. The Hall–Kier alpha value is -4.59. The largest absolute Gasteiger partial charge is 0.342 e. The van der Waals surface area contributed by atoms with E-state index in [1.54, 1.807) is 34.5 Å². The third-order valence-electron chi connectivity index (χ3n) is 7.45. The second-order valence-electron chi connectivity index (χ2n) is 10.1. The first-order valence-corrected chi connectivity index (χ1v) is 13.4. The number of carbonyl (C=O) groups is 1. The number of allylic oxidation sites excluding steroid dienone is 1. The zero-order chi connectivity index (χ0) is 26.9. The van der Waals surface area contributed by atoms with Gasteiger partial charge in [-0.15, -0.1) is 0 Å². The number of nitrogens with one attached hydrogen (secondary N) is 1. The van der Waals surface area contributed by atoms with Crippen molar-refractivity contribution in [3.63, 3.8) is 0 Å². The summed E-state index contributed by atoms with van der Waals surface area (Å²) in [7, 11) is 0. The van der Waals surface area contributed by atoms with E-state index < -0.39 is 6.04 Å². The van der Waals surface area contributed by atoms with E-state index in [1.807, 2.05) is 55.5 Å². The van der Waals surface area contributed by atoms with Gasteiger partial charge in [0.15, 0.2) is 5.65 Å². The number of hydrogen-bond donors (Lipinski definition) is 1. The maximum Gasteiger partial charge on any atom is 0.266 e. The van der Waals surface area contributed by atoms with Crippen LogP contribution in [0.3, 0.4) is 0 Å². The lowest BCUT2D eigenvalue weighted by Gasteiger charge is -2.20. The van der Waals surface area contributed by atoms with E-state index in [1.165, 1.54) is 25.7 Å². The summed E-state index contributed by atoms with van der Waals surface area (Å²) >= 11 is 0. The molecule has 0 radical (unpaired) electrons. The maximum atomic E-state index is 14.2. The maximum absolute atomic E-state index is 14.2. The highest BCUT2D eigenvalue weighted by molar-refractivity contribution is 6.01. The van der Waals surface area contributed by atoms with Gasteiger partial charge < -0.3 is 5.32 Å². The van der Waals surface area contributed by atoms with E-state index >= 15 is 0 Å². The van der Waals surface area contributed by atoms with Crippen LogP contribution in [0, 0.1) is 12.8 Å². The number of fused-ring (bicyclic) bond motifs is 2. The molecule has 1 N–H and O–H groups in total. The topological polar surface area (TPSA) is 94.2 Å². The Kier molecular flexibility index (Phi) is 6.52. The summed E-state index contributed by atoms with van der Waals surface area (Å²) in [6, 6.07) is 16.4. The lowest BCUT2D eigenvalue weighted by molar-refractivity contribution is 0.0938. The van der Waals surface area contributed by atoms with Crippen molar-refractivity contribution in [2.75, 3.05) is 0 Å². The van der Waals surface area contributed by atoms with Crippen LogP contribution in [0.1, 0.15) is 66.1 Å². The van der Waals surface area contributed by atoms with Crippen LogP contribution in [0.25, 0.3) is 28.3 Å². The van der Waals surface area contributed by atoms with E-state index in [-0.39, 0.29) is 11.5 Å². The van der Waals surface area contributed by atoms with Crippen LogP contribution in [0.4, 0.5) is 0 Å². The molecule has 39 heavy (non-hydrogen) atoms. The smallest absolute Gasteiger partial charge is 0.266 e. The van der Waals surface area contributed by atoms with Crippen LogP contribution in [0.5, 0.6) is 0 Å². The Labute approximate surface area is 226 Å². The van der Waals surface area contributed by atoms with Crippen molar-refractivity contribution in [2.45, 2.75) is 45.6 Å². The number of hydrogen-bond acceptors (Lipinski definition) is 5. The summed E-state index contributed by atoms with van der Waals surface area (Å²) in [6.45, 7) is 3.62. The van der Waals surface area contributed by atoms with Crippen molar-refractivity contribution in [2.24, 2.45) is 5.92 Å². The quantitative estimate of drug-likeness (QED) is 0.323. The van der Waals surface area contributed by atoms with Gasteiger partial charge in [0.1, 0.15) is 11.4 Å². The standard InChI is InChI=1S/C31H30N6O2/c1-20-26(29-32-18-9-19-36(29)35-20)30(38)33-21(2)28-34-25-15-8-12-23(17-16-22-10-6-7-11-22)27(25)31(39)37(28)24-13-4-3-5-14-24/h3-5,8-9,12-19,21-22H,6-7,10-11H2,1-2H3,(H,33,38)/b17-16+. The highest BCUT2D eigenvalue weighted by atomic mass is 16.2. The van der Waals surface area contributed by atoms with Crippen LogP contribution < -0.4 is 10.9 Å². The van der Waals surface area contributed by atoms with Crippen molar-refractivity contribution in [3.8, 4) is 5.69 Å². The summed E-state index contributed by atoms with van der Waals surface area (Å²) in [5.74, 6) is 0.680. The van der Waals surface area contributed by atoms with Crippen molar-refractivity contribution < 1.29 is 4.79 Å². The molecule has 1 unspecified atom stereocenters. The first-order chi connectivity index (χ1) is 19.0. The average Bonchev–Trinajstić information content (AvgIpc) is 3.59. The van der Waals surface area contributed by atoms with Gasteiger partial charge in [-0.2, -0.15) is 5.10 Å². The van der Waals surface area contributed by atoms with Gasteiger partial charge >= 0.3 is 0 Å². The molecule has 196 valence electrons. The summed E-state index contributed by atoms with van der Waals surface area (Å²) in [6.07, 6.45) is 12.6. The van der Waals surface area contributed by atoms with Gasteiger partial charge in [-0.05, 0) is 62.4 Å². The molecule has 3 aromatic heterocycles. The summed E-state index contributed by atoms with van der Waals surface area (Å²) in [5, 5.41) is 8.02. The Morgan fingerprint density at radius 3 is 2.67 bits per heavy atom. The van der Waals surface area contributed by atoms with Gasteiger partial charge in [-0.1, -0.05) is 55.3 Å². The fourth-order valence-corrected chi connectivity index (χ4v) is 5.51. The Morgan fingerprint density at radius 2 is 1.87 bits per heavy atom. The van der Waals surface area contributed by atoms with Crippen molar-refractivity contribution >= 4 is 28.5 Å². The average molecular weight is 519 g/mol. The molecule has 8 heteroatoms. The second-order valence-corrected chi connectivity index (χ2v) is 10.1.